The van der Waals surface area contributed by atoms with E-state index in [0.717, 1.165) is 11.3 Å². The smallest absolute Gasteiger partial charge is 0.254 e. The number of aromatic nitrogens is 1. The number of hydrogen-bond donors (Lipinski definition) is 0. The van der Waals surface area contributed by atoms with Crippen LogP contribution in [0.1, 0.15) is 48.4 Å². The highest BCUT2D eigenvalue weighted by Gasteiger charge is 2.36. The molecular weight excluding hydrogens is 441 g/mol. The van der Waals surface area contributed by atoms with Crippen LogP contribution in [0.5, 0.6) is 0 Å². The van der Waals surface area contributed by atoms with Crippen molar-refractivity contribution < 1.29 is 14.0 Å². The van der Waals surface area contributed by atoms with Gasteiger partial charge in [-0.15, -0.1) is 0 Å². The van der Waals surface area contributed by atoms with Crippen LogP contribution in [0.25, 0.3) is 0 Å². The maximum absolute atomic E-state index is 13.8. The van der Waals surface area contributed by atoms with Crippen molar-refractivity contribution in [1.82, 2.24) is 14.4 Å². The normalized spacial score (nSPS) is 15.8. The van der Waals surface area contributed by atoms with E-state index in [1.165, 1.54) is 23.1 Å². The molecule has 0 fully saturated rings. The Kier molecular flexibility index (Phi) is 6.30. The van der Waals surface area contributed by atoms with Crippen LogP contribution < -0.4 is 0 Å². The Labute approximate surface area is 198 Å². The molecule has 33 heavy (non-hydrogen) atoms. The van der Waals surface area contributed by atoms with Crippen LogP contribution in [0.15, 0.2) is 66.9 Å². The predicted molar refractivity (Wildman–Crippen MR) is 127 cm³/mol. The molecule has 1 aliphatic heterocycles. The first kappa shape index (κ1) is 23.1. The topological polar surface area (TPSA) is 45.6 Å². The number of rotatable bonds is 4. The fraction of sp³-hybridized carbons (Fsp3) is 0.308. The van der Waals surface area contributed by atoms with Crippen LogP contribution in [-0.4, -0.2) is 44.8 Å². The summed E-state index contributed by atoms with van der Waals surface area (Å²) < 4.78 is 15.9. The molecule has 5 nitrogen and oxygen atoms in total. The van der Waals surface area contributed by atoms with Gasteiger partial charge in [0.2, 0.25) is 5.91 Å². The lowest BCUT2D eigenvalue weighted by atomic mass is 9.99. The van der Waals surface area contributed by atoms with Gasteiger partial charge in [-0.3, -0.25) is 9.59 Å². The van der Waals surface area contributed by atoms with Gasteiger partial charge in [0.25, 0.3) is 5.91 Å². The van der Waals surface area contributed by atoms with Crippen molar-refractivity contribution in [2.75, 3.05) is 13.1 Å². The molecule has 0 radical (unpaired) electrons. The average Bonchev–Trinajstić information content (AvgIpc) is 3.25. The largest absolute Gasteiger partial charge is 0.348 e. The van der Waals surface area contributed by atoms with Crippen molar-refractivity contribution in [3.63, 3.8) is 0 Å². The summed E-state index contributed by atoms with van der Waals surface area (Å²) in [5.41, 5.74) is 1.55. The van der Waals surface area contributed by atoms with Crippen LogP contribution in [0.3, 0.4) is 0 Å². The van der Waals surface area contributed by atoms with Gasteiger partial charge in [0.1, 0.15) is 12.4 Å². The number of carbonyl (C=O) groups is 2. The van der Waals surface area contributed by atoms with E-state index in [1.54, 1.807) is 6.07 Å². The summed E-state index contributed by atoms with van der Waals surface area (Å²) in [4.78, 5) is 30.3. The highest BCUT2D eigenvalue weighted by Crippen LogP contribution is 2.33. The van der Waals surface area contributed by atoms with E-state index in [-0.39, 0.29) is 30.0 Å². The lowest BCUT2D eigenvalue weighted by molar-refractivity contribution is -0.135. The number of fused-ring (bicyclic) bond motifs is 1. The summed E-state index contributed by atoms with van der Waals surface area (Å²) >= 11 is 6.10. The van der Waals surface area contributed by atoms with Gasteiger partial charge in [-0.05, 0) is 68.8 Å². The number of carbonyl (C=O) groups excluding carboxylic acids is 2. The second-order valence-corrected chi connectivity index (χ2v) is 9.68. The Hall–Kier alpha value is -3.12. The molecule has 1 aliphatic rings. The predicted octanol–water partition coefficient (Wildman–Crippen LogP) is 5.15. The lowest BCUT2D eigenvalue weighted by Crippen LogP contribution is -2.53. The number of hydrogen-bond acceptors (Lipinski definition) is 2. The molecular formula is C26H27ClFN3O2. The molecule has 1 aromatic heterocycles. The number of benzene rings is 2. The highest BCUT2D eigenvalue weighted by molar-refractivity contribution is 6.30. The van der Waals surface area contributed by atoms with Crippen LogP contribution in [0.2, 0.25) is 5.02 Å². The van der Waals surface area contributed by atoms with Crippen LogP contribution in [0, 0.1) is 5.82 Å². The average molecular weight is 468 g/mol. The fourth-order valence-corrected chi connectivity index (χ4v) is 4.39. The molecule has 7 heteroatoms. The lowest BCUT2D eigenvalue weighted by Gasteiger charge is -2.41. The minimum absolute atomic E-state index is 0.107. The van der Waals surface area contributed by atoms with Crippen molar-refractivity contribution in [2.45, 2.75) is 38.9 Å². The van der Waals surface area contributed by atoms with E-state index in [2.05, 4.69) is 4.57 Å². The molecule has 0 spiro atoms. The van der Waals surface area contributed by atoms with E-state index >= 15 is 0 Å². The number of nitrogens with zero attached hydrogens (tertiary/aromatic N) is 3. The SMILES string of the molecule is CC(C)(C)N(CC(=O)N1CCn2cccc2C1c1ccc(Cl)cc1)C(=O)c1cccc(F)c1. The maximum Gasteiger partial charge on any atom is 0.254 e. The molecule has 1 unspecified atom stereocenters. The summed E-state index contributed by atoms with van der Waals surface area (Å²) in [6.07, 6.45) is 2.01. The third-order valence-electron chi connectivity index (χ3n) is 5.96. The molecule has 0 saturated heterocycles. The standard InChI is InChI=1S/C26H27ClFN3O2/c1-26(2,3)31(25(33)19-6-4-7-21(28)16-19)17-23(32)30-15-14-29-13-5-8-22(29)24(30)18-9-11-20(27)12-10-18/h4-13,16,24H,14-15,17H2,1-3H3. The Morgan fingerprint density at radius 2 is 1.79 bits per heavy atom. The van der Waals surface area contributed by atoms with Crippen LogP contribution >= 0.6 is 11.6 Å². The molecule has 1 atom stereocenters. The second kappa shape index (κ2) is 9.02. The zero-order valence-corrected chi connectivity index (χ0v) is 19.7. The summed E-state index contributed by atoms with van der Waals surface area (Å²) in [7, 11) is 0. The van der Waals surface area contributed by atoms with Crippen molar-refractivity contribution in [3.8, 4) is 0 Å². The Balaban J connectivity index is 1.65. The van der Waals surface area contributed by atoms with Crippen molar-refractivity contribution >= 4 is 23.4 Å². The minimum Gasteiger partial charge on any atom is -0.348 e. The summed E-state index contributed by atoms with van der Waals surface area (Å²) in [5.74, 6) is -1.03. The van der Waals surface area contributed by atoms with Gasteiger partial charge in [-0.1, -0.05) is 29.8 Å². The van der Waals surface area contributed by atoms with E-state index in [9.17, 15) is 14.0 Å². The Bertz CT molecular complexity index is 1170. The van der Waals surface area contributed by atoms with E-state index in [4.69, 9.17) is 11.6 Å². The molecule has 3 aromatic rings. The Morgan fingerprint density at radius 3 is 2.45 bits per heavy atom. The van der Waals surface area contributed by atoms with Crippen molar-refractivity contribution in [3.05, 3.63) is 94.5 Å². The first-order valence-corrected chi connectivity index (χ1v) is 11.3. The van der Waals surface area contributed by atoms with Gasteiger partial charge >= 0.3 is 0 Å². The van der Waals surface area contributed by atoms with Gasteiger partial charge in [-0.2, -0.15) is 0 Å². The molecule has 2 aromatic carbocycles. The first-order chi connectivity index (χ1) is 15.6. The first-order valence-electron chi connectivity index (χ1n) is 10.9. The van der Waals surface area contributed by atoms with Gasteiger partial charge in [0.15, 0.2) is 0 Å². The molecule has 172 valence electrons. The summed E-state index contributed by atoms with van der Waals surface area (Å²) in [6.45, 7) is 6.69. The number of amides is 2. The van der Waals surface area contributed by atoms with Crippen LogP contribution in [-0.2, 0) is 11.3 Å². The third-order valence-corrected chi connectivity index (χ3v) is 6.22. The summed E-state index contributed by atoms with van der Waals surface area (Å²) in [5, 5.41) is 0.627. The molecule has 0 bridgehead atoms. The third kappa shape index (κ3) is 4.81. The van der Waals surface area contributed by atoms with E-state index < -0.39 is 11.4 Å². The van der Waals surface area contributed by atoms with Crippen LogP contribution in [0.4, 0.5) is 4.39 Å². The molecule has 0 N–H and O–H groups in total. The molecule has 2 amide bonds. The molecule has 0 aliphatic carbocycles. The maximum atomic E-state index is 13.8. The Morgan fingerprint density at radius 1 is 1.06 bits per heavy atom. The molecule has 2 heterocycles. The quantitative estimate of drug-likeness (QED) is 0.532. The monoisotopic (exact) mass is 467 g/mol. The second-order valence-electron chi connectivity index (χ2n) is 9.24. The zero-order valence-electron chi connectivity index (χ0n) is 19.0. The molecule has 0 saturated carbocycles. The van der Waals surface area contributed by atoms with Gasteiger partial charge < -0.3 is 14.4 Å². The van der Waals surface area contributed by atoms with Crippen molar-refractivity contribution in [1.29, 1.82) is 0 Å². The van der Waals surface area contributed by atoms with Crippen molar-refractivity contribution in [2.24, 2.45) is 0 Å². The zero-order chi connectivity index (χ0) is 23.8. The van der Waals surface area contributed by atoms with E-state index in [0.29, 0.717) is 18.1 Å². The van der Waals surface area contributed by atoms with Gasteiger partial charge in [0.05, 0.1) is 6.04 Å². The van der Waals surface area contributed by atoms with Gasteiger partial charge in [0, 0.05) is 41.1 Å². The highest BCUT2D eigenvalue weighted by atomic mass is 35.5. The summed E-state index contributed by atoms with van der Waals surface area (Å²) in [6, 6.07) is 16.7. The number of halogens is 2. The fourth-order valence-electron chi connectivity index (χ4n) is 4.26. The van der Waals surface area contributed by atoms with E-state index in [1.807, 2.05) is 68.3 Å². The minimum atomic E-state index is -0.634. The van der Waals surface area contributed by atoms with Gasteiger partial charge in [-0.25, -0.2) is 4.39 Å². The molecule has 4 rings (SSSR count).